The minimum absolute atomic E-state index is 0.0337. The van der Waals surface area contributed by atoms with Crippen LogP contribution in [0, 0.1) is 6.92 Å². The number of hydrogen-bond acceptors (Lipinski definition) is 6. The number of sulfonamides is 1. The summed E-state index contributed by atoms with van der Waals surface area (Å²) in [5, 5.41) is 12.3. The first-order valence-corrected chi connectivity index (χ1v) is 7.75. The molecule has 0 fully saturated rings. The average molecular weight is 312 g/mol. The van der Waals surface area contributed by atoms with Crippen LogP contribution in [0.3, 0.4) is 0 Å². The number of aryl methyl sites for hydroxylation is 1. The molecule has 0 unspecified atom stereocenters. The fraction of sp³-hybridized carbons (Fsp3) is 0.308. The minimum Gasteiger partial charge on any atom is -0.491 e. The molecule has 2 rings (SSSR count). The summed E-state index contributed by atoms with van der Waals surface area (Å²) in [5.41, 5.74) is 0.689. The normalized spacial score (nSPS) is 11.5. The van der Waals surface area contributed by atoms with E-state index in [1.54, 1.807) is 13.0 Å². The quantitative estimate of drug-likeness (QED) is 0.785. The van der Waals surface area contributed by atoms with Gasteiger partial charge in [0.25, 0.3) is 0 Å². The van der Waals surface area contributed by atoms with E-state index in [0.717, 1.165) is 0 Å². The molecule has 0 aliphatic heterocycles. The number of rotatable bonds is 7. The van der Waals surface area contributed by atoms with Gasteiger partial charge in [0.2, 0.25) is 10.0 Å². The zero-order valence-electron chi connectivity index (χ0n) is 11.4. The molecule has 114 valence electrons. The second-order valence-electron chi connectivity index (χ2n) is 4.30. The van der Waals surface area contributed by atoms with Crippen molar-refractivity contribution in [1.82, 2.24) is 9.88 Å². The Bertz CT molecular complexity index is 679. The van der Waals surface area contributed by atoms with Crippen molar-refractivity contribution in [3.05, 3.63) is 41.8 Å². The van der Waals surface area contributed by atoms with Crippen LogP contribution in [0.4, 0.5) is 0 Å². The summed E-state index contributed by atoms with van der Waals surface area (Å²) in [5.74, 6) is 0.938. The smallest absolute Gasteiger partial charge is 0.240 e. The van der Waals surface area contributed by atoms with Gasteiger partial charge < -0.3 is 14.4 Å². The maximum absolute atomic E-state index is 12.1. The molecule has 1 aromatic carbocycles. The van der Waals surface area contributed by atoms with Gasteiger partial charge in [-0.2, -0.15) is 0 Å². The molecule has 2 N–H and O–H groups in total. The maximum atomic E-state index is 12.1. The van der Waals surface area contributed by atoms with Crippen LogP contribution in [0.25, 0.3) is 0 Å². The highest BCUT2D eigenvalue weighted by molar-refractivity contribution is 7.89. The number of benzene rings is 1. The average Bonchev–Trinajstić information content (AvgIpc) is 2.89. The largest absolute Gasteiger partial charge is 0.491 e. The van der Waals surface area contributed by atoms with Crippen molar-refractivity contribution in [3.63, 3.8) is 0 Å². The van der Waals surface area contributed by atoms with E-state index in [1.165, 1.54) is 24.3 Å². The number of nitrogens with zero attached hydrogens (tertiary/aromatic N) is 1. The standard InChI is InChI=1S/C13H16N2O5S/c1-10-8-12(20-15-10)9-14-21(17,18)13-4-2-11(3-5-13)19-7-6-16/h2-5,8,14,16H,6-7,9H2,1H3. The molecule has 21 heavy (non-hydrogen) atoms. The number of aromatic nitrogens is 1. The van der Waals surface area contributed by atoms with Crippen LogP contribution in [0.5, 0.6) is 5.75 Å². The molecule has 0 radical (unpaired) electrons. The van der Waals surface area contributed by atoms with Crippen molar-refractivity contribution in [1.29, 1.82) is 0 Å². The van der Waals surface area contributed by atoms with Crippen molar-refractivity contribution < 1.29 is 22.8 Å². The van der Waals surface area contributed by atoms with E-state index in [2.05, 4.69) is 9.88 Å². The molecule has 0 saturated carbocycles. The highest BCUT2D eigenvalue weighted by atomic mass is 32.2. The van der Waals surface area contributed by atoms with E-state index < -0.39 is 10.0 Å². The van der Waals surface area contributed by atoms with Crippen LogP contribution in [0.2, 0.25) is 0 Å². The molecule has 0 bridgehead atoms. The van der Waals surface area contributed by atoms with Crippen molar-refractivity contribution in [2.45, 2.75) is 18.4 Å². The molecule has 0 amide bonds. The van der Waals surface area contributed by atoms with E-state index in [4.69, 9.17) is 14.4 Å². The SMILES string of the molecule is Cc1cc(CNS(=O)(=O)c2ccc(OCCO)cc2)on1. The lowest BCUT2D eigenvalue weighted by Gasteiger charge is -2.07. The molecule has 0 aliphatic rings. The van der Waals surface area contributed by atoms with Gasteiger partial charge in [0, 0.05) is 6.07 Å². The van der Waals surface area contributed by atoms with Crippen LogP contribution in [0.15, 0.2) is 39.8 Å². The topological polar surface area (TPSA) is 102 Å². The van der Waals surface area contributed by atoms with Crippen LogP contribution in [-0.4, -0.2) is 31.9 Å². The molecular formula is C13H16N2O5S. The molecule has 0 aliphatic carbocycles. The zero-order valence-corrected chi connectivity index (χ0v) is 12.3. The Morgan fingerprint density at radius 1 is 1.33 bits per heavy atom. The predicted molar refractivity (Wildman–Crippen MR) is 74.3 cm³/mol. The monoisotopic (exact) mass is 312 g/mol. The van der Waals surface area contributed by atoms with Gasteiger partial charge in [0.15, 0.2) is 5.76 Å². The first-order valence-electron chi connectivity index (χ1n) is 6.27. The highest BCUT2D eigenvalue weighted by Crippen LogP contribution is 2.16. The summed E-state index contributed by atoms with van der Waals surface area (Å²) >= 11 is 0. The molecule has 7 nitrogen and oxygen atoms in total. The molecule has 1 aromatic heterocycles. The summed E-state index contributed by atoms with van der Waals surface area (Å²) in [4.78, 5) is 0.120. The summed E-state index contributed by atoms with van der Waals surface area (Å²) in [7, 11) is -3.63. The Labute approximate surface area is 122 Å². The predicted octanol–water partition coefficient (Wildman–Crippen LogP) is 0.833. The van der Waals surface area contributed by atoms with Crippen molar-refractivity contribution in [3.8, 4) is 5.75 Å². The van der Waals surface area contributed by atoms with Gasteiger partial charge >= 0.3 is 0 Å². The van der Waals surface area contributed by atoms with Gasteiger partial charge in [-0.1, -0.05) is 5.16 Å². The van der Waals surface area contributed by atoms with E-state index in [-0.39, 0.29) is 24.7 Å². The Balaban J connectivity index is 2.01. The number of nitrogens with one attached hydrogen (secondary N) is 1. The van der Waals surface area contributed by atoms with Gasteiger partial charge in [-0.05, 0) is 31.2 Å². The zero-order chi connectivity index (χ0) is 15.3. The third kappa shape index (κ3) is 4.28. The number of hydrogen-bond donors (Lipinski definition) is 2. The van der Waals surface area contributed by atoms with E-state index in [9.17, 15) is 8.42 Å². The lowest BCUT2D eigenvalue weighted by atomic mass is 10.3. The van der Waals surface area contributed by atoms with Crippen molar-refractivity contribution in [2.75, 3.05) is 13.2 Å². The summed E-state index contributed by atoms with van der Waals surface area (Å²) in [6.45, 7) is 1.85. The van der Waals surface area contributed by atoms with Gasteiger partial charge in [-0.3, -0.25) is 0 Å². The first-order chi connectivity index (χ1) is 10.0. The van der Waals surface area contributed by atoms with Crippen LogP contribution < -0.4 is 9.46 Å². The van der Waals surface area contributed by atoms with E-state index >= 15 is 0 Å². The molecule has 0 saturated heterocycles. The highest BCUT2D eigenvalue weighted by Gasteiger charge is 2.15. The molecular weight excluding hydrogens is 296 g/mol. The van der Waals surface area contributed by atoms with Gasteiger partial charge in [-0.15, -0.1) is 0 Å². The third-order valence-electron chi connectivity index (χ3n) is 2.61. The second-order valence-corrected chi connectivity index (χ2v) is 6.07. The number of ether oxygens (including phenoxy) is 1. The van der Waals surface area contributed by atoms with E-state index in [1.807, 2.05) is 0 Å². The molecule has 1 heterocycles. The summed E-state index contributed by atoms with van der Waals surface area (Å²) < 4.78 is 36.7. The van der Waals surface area contributed by atoms with Crippen LogP contribution >= 0.6 is 0 Å². The fourth-order valence-electron chi connectivity index (χ4n) is 1.63. The number of aliphatic hydroxyl groups excluding tert-OH is 1. The minimum atomic E-state index is -3.63. The third-order valence-corrected chi connectivity index (χ3v) is 4.02. The van der Waals surface area contributed by atoms with E-state index in [0.29, 0.717) is 17.2 Å². The second kappa shape index (κ2) is 6.70. The number of aliphatic hydroxyl groups is 1. The van der Waals surface area contributed by atoms with Gasteiger partial charge in [0.1, 0.15) is 12.4 Å². The Hall–Kier alpha value is -1.90. The fourth-order valence-corrected chi connectivity index (χ4v) is 2.62. The molecule has 2 aromatic rings. The van der Waals surface area contributed by atoms with Crippen molar-refractivity contribution in [2.24, 2.45) is 0 Å². The maximum Gasteiger partial charge on any atom is 0.240 e. The summed E-state index contributed by atoms with van der Waals surface area (Å²) in [6.07, 6.45) is 0. The van der Waals surface area contributed by atoms with Crippen LogP contribution in [-0.2, 0) is 16.6 Å². The lowest BCUT2D eigenvalue weighted by molar-refractivity contribution is 0.201. The Morgan fingerprint density at radius 3 is 2.62 bits per heavy atom. The first kappa shape index (κ1) is 15.5. The molecule has 0 spiro atoms. The van der Waals surface area contributed by atoms with Gasteiger partial charge in [-0.25, -0.2) is 13.1 Å². The summed E-state index contributed by atoms with van der Waals surface area (Å²) in [6, 6.07) is 7.58. The Kier molecular flexibility index (Phi) is 4.94. The molecule has 8 heteroatoms. The Morgan fingerprint density at radius 2 is 2.05 bits per heavy atom. The van der Waals surface area contributed by atoms with Crippen LogP contribution in [0.1, 0.15) is 11.5 Å². The molecule has 0 atom stereocenters. The lowest BCUT2D eigenvalue weighted by Crippen LogP contribution is -2.23. The van der Waals surface area contributed by atoms with Gasteiger partial charge in [0.05, 0.1) is 23.7 Å². The van der Waals surface area contributed by atoms with Crippen molar-refractivity contribution >= 4 is 10.0 Å².